The van der Waals surface area contributed by atoms with Crippen LogP contribution in [0.2, 0.25) is 0 Å². The molecule has 0 unspecified atom stereocenters. The van der Waals surface area contributed by atoms with Gasteiger partial charge in [-0.05, 0) is 48.7 Å². The predicted octanol–water partition coefficient (Wildman–Crippen LogP) is 4.61. The molecule has 1 atom stereocenters. The van der Waals surface area contributed by atoms with Gasteiger partial charge in [-0.1, -0.05) is 54.6 Å². The van der Waals surface area contributed by atoms with E-state index >= 15 is 0 Å². The number of hydrogen-bond acceptors (Lipinski definition) is 4. The highest BCUT2D eigenvalue weighted by atomic mass is 16.5. The fourth-order valence-corrected chi connectivity index (χ4v) is 3.22. The summed E-state index contributed by atoms with van der Waals surface area (Å²) in [7, 11) is 1.66. The Kier molecular flexibility index (Phi) is 7.86. The van der Waals surface area contributed by atoms with Crippen molar-refractivity contribution < 1.29 is 14.3 Å². The Bertz CT molecular complexity index is 927. The Labute approximate surface area is 178 Å². The second-order valence-corrected chi connectivity index (χ2v) is 6.81. The molecule has 0 aliphatic carbocycles. The van der Waals surface area contributed by atoms with Crippen molar-refractivity contribution in [1.82, 2.24) is 5.32 Å². The topological polar surface area (TPSA) is 59.6 Å². The van der Waals surface area contributed by atoms with E-state index < -0.39 is 6.04 Å². The van der Waals surface area contributed by atoms with Gasteiger partial charge in [0.25, 0.3) is 0 Å². The number of ether oxygens (including phenoxy) is 2. The molecule has 0 aliphatic rings. The number of nitrogens with one attached hydrogen (secondary N) is 2. The zero-order chi connectivity index (χ0) is 21.2. The molecule has 5 nitrogen and oxygen atoms in total. The summed E-state index contributed by atoms with van der Waals surface area (Å²) < 4.78 is 10.8. The van der Waals surface area contributed by atoms with Crippen LogP contribution < -0.4 is 20.1 Å². The molecular formula is C25H28N2O3. The van der Waals surface area contributed by atoms with E-state index in [-0.39, 0.29) is 5.91 Å². The maximum atomic E-state index is 13.1. The van der Waals surface area contributed by atoms with Crippen LogP contribution >= 0.6 is 0 Å². The molecule has 0 spiro atoms. The second kappa shape index (κ2) is 11.0. The first-order valence-corrected chi connectivity index (χ1v) is 10.1. The molecule has 0 heterocycles. The molecular weight excluding hydrogens is 376 g/mol. The average molecular weight is 405 g/mol. The van der Waals surface area contributed by atoms with Crippen LogP contribution in [0.1, 0.15) is 24.1 Å². The molecule has 3 aromatic rings. The summed E-state index contributed by atoms with van der Waals surface area (Å²) in [6.07, 6.45) is 0.802. The smallest absolute Gasteiger partial charge is 0.246 e. The molecule has 156 valence electrons. The minimum atomic E-state index is -0.473. The molecule has 5 heteroatoms. The number of benzene rings is 3. The van der Waals surface area contributed by atoms with Gasteiger partial charge in [-0.25, -0.2) is 0 Å². The van der Waals surface area contributed by atoms with Gasteiger partial charge in [0.1, 0.15) is 17.5 Å². The Morgan fingerprint density at radius 2 is 1.63 bits per heavy atom. The van der Waals surface area contributed by atoms with Gasteiger partial charge in [-0.15, -0.1) is 0 Å². The van der Waals surface area contributed by atoms with Gasteiger partial charge in [0.2, 0.25) is 5.91 Å². The number of methoxy groups -OCH3 is 1. The zero-order valence-corrected chi connectivity index (χ0v) is 17.4. The summed E-state index contributed by atoms with van der Waals surface area (Å²) in [6, 6.07) is 24.7. The number of carbonyl (C=O) groups excluding carboxylic acids is 1. The van der Waals surface area contributed by atoms with Gasteiger partial charge >= 0.3 is 0 Å². The molecule has 0 aromatic heterocycles. The number of anilines is 1. The van der Waals surface area contributed by atoms with Crippen molar-refractivity contribution >= 4 is 11.6 Å². The average Bonchev–Trinajstić information content (AvgIpc) is 2.79. The molecule has 3 aromatic carbocycles. The molecule has 0 fully saturated rings. The summed E-state index contributed by atoms with van der Waals surface area (Å²) in [6.45, 7) is 3.12. The summed E-state index contributed by atoms with van der Waals surface area (Å²) in [4.78, 5) is 13.1. The number of amides is 1. The number of para-hydroxylation sites is 2. The first-order valence-electron chi connectivity index (χ1n) is 10.1. The third kappa shape index (κ3) is 5.84. The number of hydrogen-bond donors (Lipinski definition) is 2. The molecule has 0 saturated carbocycles. The van der Waals surface area contributed by atoms with Crippen molar-refractivity contribution in [1.29, 1.82) is 0 Å². The van der Waals surface area contributed by atoms with Gasteiger partial charge in [0.05, 0.1) is 19.4 Å². The molecule has 1 amide bonds. The van der Waals surface area contributed by atoms with Crippen molar-refractivity contribution in [2.45, 2.75) is 19.4 Å². The van der Waals surface area contributed by atoms with E-state index in [2.05, 4.69) is 10.6 Å². The van der Waals surface area contributed by atoms with E-state index in [1.54, 1.807) is 7.11 Å². The molecule has 0 aliphatic heterocycles. The van der Waals surface area contributed by atoms with Crippen LogP contribution in [0.25, 0.3) is 0 Å². The second-order valence-electron chi connectivity index (χ2n) is 6.81. The Morgan fingerprint density at radius 3 is 2.33 bits per heavy atom. The largest absolute Gasteiger partial charge is 0.497 e. The molecule has 0 saturated heterocycles. The quantitative estimate of drug-likeness (QED) is 0.518. The van der Waals surface area contributed by atoms with Crippen LogP contribution in [-0.2, 0) is 11.2 Å². The highest BCUT2D eigenvalue weighted by Gasteiger charge is 2.21. The van der Waals surface area contributed by atoms with Crippen LogP contribution in [0.4, 0.5) is 5.69 Å². The standard InChI is InChI=1S/C25H28N2O3/c1-3-30-23-12-8-7-11-22(23)27-25(28)24(20-9-5-4-6-10-20)26-18-17-19-13-15-21(29-2)16-14-19/h4-16,24,26H,3,17-18H2,1-2H3,(H,27,28)/t24-/m1/s1. The minimum absolute atomic E-state index is 0.122. The first-order chi connectivity index (χ1) is 14.7. The highest BCUT2D eigenvalue weighted by Crippen LogP contribution is 2.25. The lowest BCUT2D eigenvalue weighted by molar-refractivity contribution is -0.118. The fourth-order valence-electron chi connectivity index (χ4n) is 3.22. The number of rotatable bonds is 10. The molecule has 2 N–H and O–H groups in total. The van der Waals surface area contributed by atoms with Gasteiger partial charge in [0, 0.05) is 6.54 Å². The minimum Gasteiger partial charge on any atom is -0.497 e. The zero-order valence-electron chi connectivity index (χ0n) is 17.4. The SMILES string of the molecule is CCOc1ccccc1NC(=O)[C@H](NCCc1ccc(OC)cc1)c1ccccc1. The normalized spacial score (nSPS) is 11.5. The fraction of sp³-hybridized carbons (Fsp3) is 0.240. The molecule has 0 bridgehead atoms. The van der Waals surface area contributed by atoms with Gasteiger partial charge in [-0.2, -0.15) is 0 Å². The van der Waals surface area contributed by atoms with E-state index in [1.807, 2.05) is 85.8 Å². The van der Waals surface area contributed by atoms with E-state index in [0.717, 1.165) is 17.7 Å². The van der Waals surface area contributed by atoms with Crippen LogP contribution in [-0.4, -0.2) is 26.2 Å². The monoisotopic (exact) mass is 404 g/mol. The van der Waals surface area contributed by atoms with Gasteiger partial charge < -0.3 is 20.1 Å². The highest BCUT2D eigenvalue weighted by molar-refractivity contribution is 5.96. The molecule has 30 heavy (non-hydrogen) atoms. The number of carbonyl (C=O) groups is 1. The van der Waals surface area contributed by atoms with E-state index in [9.17, 15) is 4.79 Å². The summed E-state index contributed by atoms with van der Waals surface area (Å²) in [5.74, 6) is 1.38. The first kappa shape index (κ1) is 21.4. The lowest BCUT2D eigenvalue weighted by Crippen LogP contribution is -2.34. The molecule has 3 rings (SSSR count). The molecule has 0 radical (unpaired) electrons. The van der Waals surface area contributed by atoms with Crippen molar-refractivity contribution in [3.63, 3.8) is 0 Å². The van der Waals surface area contributed by atoms with E-state index in [4.69, 9.17) is 9.47 Å². The van der Waals surface area contributed by atoms with Crippen LogP contribution in [0.5, 0.6) is 11.5 Å². The lowest BCUT2D eigenvalue weighted by atomic mass is 10.1. The Balaban J connectivity index is 1.70. The van der Waals surface area contributed by atoms with E-state index in [1.165, 1.54) is 5.56 Å². The Hall–Kier alpha value is -3.31. The summed E-state index contributed by atoms with van der Waals surface area (Å²) in [5.41, 5.74) is 2.76. The summed E-state index contributed by atoms with van der Waals surface area (Å²) >= 11 is 0. The van der Waals surface area contributed by atoms with Crippen molar-refractivity contribution in [2.24, 2.45) is 0 Å². The van der Waals surface area contributed by atoms with Crippen molar-refractivity contribution in [3.8, 4) is 11.5 Å². The third-order valence-corrected chi connectivity index (χ3v) is 4.76. The van der Waals surface area contributed by atoms with Crippen LogP contribution in [0, 0.1) is 0 Å². The maximum Gasteiger partial charge on any atom is 0.246 e. The van der Waals surface area contributed by atoms with Crippen molar-refractivity contribution in [2.75, 3.05) is 25.6 Å². The van der Waals surface area contributed by atoms with Crippen molar-refractivity contribution in [3.05, 3.63) is 90.0 Å². The van der Waals surface area contributed by atoms with Gasteiger partial charge in [0.15, 0.2) is 0 Å². The predicted molar refractivity (Wildman–Crippen MR) is 120 cm³/mol. The Morgan fingerprint density at radius 1 is 0.933 bits per heavy atom. The summed E-state index contributed by atoms with van der Waals surface area (Å²) in [5, 5.41) is 6.42. The third-order valence-electron chi connectivity index (χ3n) is 4.76. The van der Waals surface area contributed by atoms with Crippen LogP contribution in [0.15, 0.2) is 78.9 Å². The lowest BCUT2D eigenvalue weighted by Gasteiger charge is -2.20. The van der Waals surface area contributed by atoms with Gasteiger partial charge in [-0.3, -0.25) is 4.79 Å². The van der Waals surface area contributed by atoms with E-state index in [0.29, 0.717) is 24.6 Å². The van der Waals surface area contributed by atoms with Crippen LogP contribution in [0.3, 0.4) is 0 Å². The maximum absolute atomic E-state index is 13.1.